The molecule has 0 aliphatic carbocycles. The van der Waals surface area contributed by atoms with Crippen molar-refractivity contribution < 1.29 is 4.42 Å². The molecule has 0 amide bonds. The van der Waals surface area contributed by atoms with E-state index in [1.807, 2.05) is 36.4 Å². The number of nitrogen functional groups attached to an aromatic ring is 1. The molecular formula is C19H15NO. The maximum atomic E-state index is 6.12. The van der Waals surface area contributed by atoms with Gasteiger partial charge in [0, 0.05) is 28.1 Å². The number of nitrogens with two attached hydrogens (primary N) is 1. The van der Waals surface area contributed by atoms with Crippen LogP contribution in [0.4, 0.5) is 5.69 Å². The van der Waals surface area contributed by atoms with Crippen LogP contribution in [-0.4, -0.2) is 0 Å². The van der Waals surface area contributed by atoms with Crippen molar-refractivity contribution in [3.05, 3.63) is 66.2 Å². The van der Waals surface area contributed by atoms with Crippen molar-refractivity contribution in [2.75, 3.05) is 5.73 Å². The maximum absolute atomic E-state index is 6.12. The van der Waals surface area contributed by atoms with Gasteiger partial charge in [0.2, 0.25) is 0 Å². The van der Waals surface area contributed by atoms with Gasteiger partial charge in [-0.05, 0) is 30.2 Å². The van der Waals surface area contributed by atoms with E-state index in [4.69, 9.17) is 10.2 Å². The van der Waals surface area contributed by atoms with Crippen LogP contribution in [0.3, 0.4) is 0 Å². The first-order valence-corrected chi connectivity index (χ1v) is 7.01. The lowest BCUT2D eigenvalue weighted by molar-refractivity contribution is 0.670. The van der Waals surface area contributed by atoms with E-state index in [0.717, 1.165) is 33.4 Å². The number of hydrogen-bond acceptors (Lipinski definition) is 2. The second-order valence-corrected chi connectivity index (χ2v) is 5.36. The third kappa shape index (κ3) is 1.80. The fraction of sp³-hybridized carbons (Fsp3) is 0.0526. The van der Waals surface area contributed by atoms with E-state index in [0.29, 0.717) is 0 Å². The van der Waals surface area contributed by atoms with Gasteiger partial charge in [0.05, 0.1) is 0 Å². The van der Waals surface area contributed by atoms with Gasteiger partial charge in [0.1, 0.15) is 11.2 Å². The van der Waals surface area contributed by atoms with Gasteiger partial charge in [-0.2, -0.15) is 0 Å². The standard InChI is InChI=1S/C19H15NO/c1-12-7-9-15(13-5-3-2-4-6-13)19-18(12)16-10-8-14(20)11-17(16)21-19/h2-11H,20H2,1H3. The molecule has 4 rings (SSSR count). The second kappa shape index (κ2) is 4.38. The predicted molar refractivity (Wildman–Crippen MR) is 88.3 cm³/mol. The van der Waals surface area contributed by atoms with E-state index in [2.05, 4.69) is 31.2 Å². The molecule has 4 aromatic rings. The molecule has 0 unspecified atom stereocenters. The molecule has 0 aliphatic rings. The van der Waals surface area contributed by atoms with Crippen LogP contribution in [0, 0.1) is 6.92 Å². The predicted octanol–water partition coefficient (Wildman–Crippen LogP) is 5.14. The molecule has 0 atom stereocenters. The zero-order chi connectivity index (χ0) is 14.4. The number of aryl methyl sites for hydroxylation is 1. The van der Waals surface area contributed by atoms with Crippen LogP contribution in [0.5, 0.6) is 0 Å². The Morgan fingerprint density at radius 3 is 2.52 bits per heavy atom. The quantitative estimate of drug-likeness (QED) is 0.487. The number of rotatable bonds is 1. The van der Waals surface area contributed by atoms with Gasteiger partial charge >= 0.3 is 0 Å². The molecule has 2 N–H and O–H groups in total. The zero-order valence-electron chi connectivity index (χ0n) is 11.8. The van der Waals surface area contributed by atoms with Crippen molar-refractivity contribution in [2.45, 2.75) is 6.92 Å². The Kier molecular flexibility index (Phi) is 2.51. The van der Waals surface area contributed by atoms with Crippen LogP contribution in [0.1, 0.15) is 5.56 Å². The molecule has 0 spiro atoms. The first-order chi connectivity index (χ1) is 10.2. The van der Waals surface area contributed by atoms with Gasteiger partial charge in [-0.3, -0.25) is 0 Å². The summed E-state index contributed by atoms with van der Waals surface area (Å²) in [6.07, 6.45) is 0. The topological polar surface area (TPSA) is 39.2 Å². The average Bonchev–Trinajstić information content (AvgIpc) is 2.87. The lowest BCUT2D eigenvalue weighted by atomic mass is 9.99. The summed E-state index contributed by atoms with van der Waals surface area (Å²) in [4.78, 5) is 0. The molecule has 0 fully saturated rings. The molecule has 0 saturated carbocycles. The number of hydrogen-bond donors (Lipinski definition) is 1. The van der Waals surface area contributed by atoms with Crippen LogP contribution in [0.2, 0.25) is 0 Å². The molecule has 2 nitrogen and oxygen atoms in total. The van der Waals surface area contributed by atoms with Crippen molar-refractivity contribution in [3.63, 3.8) is 0 Å². The van der Waals surface area contributed by atoms with Crippen molar-refractivity contribution in [2.24, 2.45) is 0 Å². The van der Waals surface area contributed by atoms with Gasteiger partial charge in [-0.1, -0.05) is 42.5 Å². The number of anilines is 1. The molecule has 0 radical (unpaired) electrons. The lowest BCUT2D eigenvalue weighted by Crippen LogP contribution is -1.82. The molecule has 0 saturated heterocycles. The van der Waals surface area contributed by atoms with Gasteiger partial charge in [0.25, 0.3) is 0 Å². The first kappa shape index (κ1) is 12.0. The van der Waals surface area contributed by atoms with Crippen LogP contribution in [0.15, 0.2) is 65.1 Å². The Balaban J connectivity index is 2.15. The lowest BCUT2D eigenvalue weighted by Gasteiger charge is -2.04. The highest BCUT2D eigenvalue weighted by molar-refractivity contribution is 6.11. The van der Waals surface area contributed by atoms with E-state index in [-0.39, 0.29) is 0 Å². The minimum absolute atomic E-state index is 0.723. The summed E-state index contributed by atoms with van der Waals surface area (Å²) in [5, 5.41) is 2.29. The molecule has 2 heteroatoms. The minimum atomic E-state index is 0.723. The number of furan rings is 1. The highest BCUT2D eigenvalue weighted by atomic mass is 16.3. The monoisotopic (exact) mass is 273 g/mol. The molecule has 0 bridgehead atoms. The Morgan fingerprint density at radius 1 is 0.905 bits per heavy atom. The zero-order valence-corrected chi connectivity index (χ0v) is 11.8. The van der Waals surface area contributed by atoms with E-state index in [1.165, 1.54) is 10.9 Å². The van der Waals surface area contributed by atoms with Crippen LogP contribution < -0.4 is 5.73 Å². The third-order valence-corrected chi connectivity index (χ3v) is 3.94. The van der Waals surface area contributed by atoms with Crippen molar-refractivity contribution in [1.82, 2.24) is 0 Å². The molecule has 102 valence electrons. The van der Waals surface area contributed by atoms with Crippen LogP contribution in [0.25, 0.3) is 33.1 Å². The van der Waals surface area contributed by atoms with Gasteiger partial charge in [-0.25, -0.2) is 0 Å². The highest BCUT2D eigenvalue weighted by Crippen LogP contribution is 2.38. The molecule has 1 aromatic heterocycles. The summed E-state index contributed by atoms with van der Waals surface area (Å²) in [6.45, 7) is 2.11. The van der Waals surface area contributed by atoms with Crippen molar-refractivity contribution >= 4 is 27.6 Å². The Labute approximate surface area is 122 Å². The Bertz CT molecular complexity index is 952. The normalized spacial score (nSPS) is 11.3. The minimum Gasteiger partial charge on any atom is -0.455 e. The van der Waals surface area contributed by atoms with Crippen LogP contribution in [-0.2, 0) is 0 Å². The van der Waals surface area contributed by atoms with Gasteiger partial charge in [0.15, 0.2) is 0 Å². The smallest absolute Gasteiger partial charge is 0.143 e. The van der Waals surface area contributed by atoms with E-state index >= 15 is 0 Å². The summed E-state index contributed by atoms with van der Waals surface area (Å²) in [6, 6.07) is 20.4. The molecule has 21 heavy (non-hydrogen) atoms. The average molecular weight is 273 g/mol. The highest BCUT2D eigenvalue weighted by Gasteiger charge is 2.14. The van der Waals surface area contributed by atoms with E-state index in [9.17, 15) is 0 Å². The van der Waals surface area contributed by atoms with Crippen molar-refractivity contribution in [3.8, 4) is 11.1 Å². The first-order valence-electron chi connectivity index (χ1n) is 7.01. The molecule has 1 heterocycles. The number of fused-ring (bicyclic) bond motifs is 3. The largest absolute Gasteiger partial charge is 0.455 e. The van der Waals surface area contributed by atoms with Gasteiger partial charge in [-0.15, -0.1) is 0 Å². The Morgan fingerprint density at radius 2 is 1.71 bits per heavy atom. The fourth-order valence-corrected chi connectivity index (χ4v) is 2.91. The summed E-state index contributed by atoms with van der Waals surface area (Å²) >= 11 is 0. The molecule has 3 aromatic carbocycles. The van der Waals surface area contributed by atoms with E-state index in [1.54, 1.807) is 0 Å². The van der Waals surface area contributed by atoms with Crippen molar-refractivity contribution in [1.29, 1.82) is 0 Å². The molecule has 0 aliphatic heterocycles. The van der Waals surface area contributed by atoms with Crippen LogP contribution >= 0.6 is 0 Å². The summed E-state index contributed by atoms with van der Waals surface area (Å²) < 4.78 is 6.12. The summed E-state index contributed by atoms with van der Waals surface area (Å²) in [7, 11) is 0. The number of benzene rings is 3. The van der Waals surface area contributed by atoms with E-state index < -0.39 is 0 Å². The fourth-order valence-electron chi connectivity index (χ4n) is 2.91. The summed E-state index contributed by atoms with van der Waals surface area (Å²) in [5.74, 6) is 0. The maximum Gasteiger partial charge on any atom is 0.143 e. The Hall–Kier alpha value is -2.74. The molecular weight excluding hydrogens is 258 g/mol. The second-order valence-electron chi connectivity index (χ2n) is 5.36. The summed E-state index contributed by atoms with van der Waals surface area (Å²) in [5.41, 5.74) is 11.9. The van der Waals surface area contributed by atoms with Gasteiger partial charge < -0.3 is 10.2 Å². The SMILES string of the molecule is Cc1ccc(-c2ccccc2)c2oc3cc(N)ccc3c12. The third-order valence-electron chi connectivity index (χ3n) is 3.94.